The largest absolute Gasteiger partial charge is 0.608 e. The van der Waals surface area contributed by atoms with E-state index in [0.29, 0.717) is 0 Å². The quantitative estimate of drug-likeness (QED) is 0.398. The van der Waals surface area contributed by atoms with Crippen molar-refractivity contribution in [1.29, 1.82) is 0 Å². The highest BCUT2D eigenvalue weighted by Crippen LogP contribution is 2.35. The van der Waals surface area contributed by atoms with Gasteiger partial charge in [0.25, 0.3) is 0 Å². The first-order chi connectivity index (χ1) is 5.89. The minimum absolute atomic E-state index is 0.298. The Bertz CT molecular complexity index is 200. The van der Waals surface area contributed by atoms with E-state index in [1.54, 1.807) is 6.21 Å². The average molecular weight is 184 g/mol. The first kappa shape index (κ1) is 10.5. The van der Waals surface area contributed by atoms with Crippen LogP contribution in [0.25, 0.3) is 0 Å². The van der Waals surface area contributed by atoms with Gasteiger partial charge in [0.15, 0.2) is 0 Å². The molecule has 4 nitrogen and oxygen atoms in total. The molecular weight excluding hydrogens is 167 g/mol. The predicted molar refractivity (Wildman–Crippen MR) is 53.4 cm³/mol. The lowest BCUT2D eigenvalue weighted by Crippen LogP contribution is -2.41. The third-order valence-corrected chi connectivity index (χ3v) is 2.56. The first-order valence-electron chi connectivity index (χ1n) is 4.48. The molecule has 0 atom stereocenters. The van der Waals surface area contributed by atoms with Crippen LogP contribution < -0.4 is 5.34 Å². The van der Waals surface area contributed by atoms with Gasteiger partial charge in [0.1, 0.15) is 0 Å². The molecule has 1 aliphatic rings. The molecule has 0 bridgehead atoms. The molecule has 0 aromatic carbocycles. The van der Waals surface area contributed by atoms with E-state index in [4.69, 9.17) is 9.31 Å². The van der Waals surface area contributed by atoms with Crippen molar-refractivity contribution in [2.24, 2.45) is 5.10 Å². The van der Waals surface area contributed by atoms with E-state index in [1.807, 2.05) is 34.6 Å². The van der Waals surface area contributed by atoms with Gasteiger partial charge in [-0.15, -0.1) is 0 Å². The zero-order valence-electron chi connectivity index (χ0n) is 8.92. The molecule has 1 aliphatic heterocycles. The van der Waals surface area contributed by atoms with Gasteiger partial charge in [0.2, 0.25) is 0 Å². The number of hydrazone groups is 1. The van der Waals surface area contributed by atoms with Crippen LogP contribution in [-0.4, -0.2) is 24.7 Å². The molecule has 0 radical (unpaired) electrons. The minimum Gasteiger partial charge on any atom is -0.383 e. The Kier molecular flexibility index (Phi) is 2.68. The van der Waals surface area contributed by atoms with Crippen molar-refractivity contribution < 1.29 is 9.31 Å². The summed E-state index contributed by atoms with van der Waals surface area (Å²) in [5, 5.41) is 6.63. The van der Waals surface area contributed by atoms with Crippen molar-refractivity contribution in [2.75, 3.05) is 0 Å². The van der Waals surface area contributed by atoms with Gasteiger partial charge < -0.3 is 9.31 Å². The van der Waals surface area contributed by atoms with Crippen molar-refractivity contribution in [1.82, 2.24) is 5.34 Å². The Labute approximate surface area is 79.8 Å². The molecule has 74 valence electrons. The third kappa shape index (κ3) is 2.03. The number of nitrogens with zero attached hydrogens (tertiary/aromatic N) is 1. The van der Waals surface area contributed by atoms with E-state index in [1.165, 1.54) is 0 Å². The van der Waals surface area contributed by atoms with Crippen molar-refractivity contribution in [3.8, 4) is 0 Å². The fourth-order valence-corrected chi connectivity index (χ4v) is 1.03. The van der Waals surface area contributed by atoms with E-state index >= 15 is 0 Å². The Morgan fingerprint density at radius 1 is 1.15 bits per heavy atom. The van der Waals surface area contributed by atoms with E-state index in [9.17, 15) is 0 Å². The summed E-state index contributed by atoms with van der Waals surface area (Å²) in [6.45, 7) is 9.85. The van der Waals surface area contributed by atoms with Crippen LogP contribution in [0.3, 0.4) is 0 Å². The van der Waals surface area contributed by atoms with Crippen LogP contribution in [0.15, 0.2) is 5.10 Å². The molecule has 5 heteroatoms. The van der Waals surface area contributed by atoms with Gasteiger partial charge in [0.05, 0.1) is 11.2 Å². The Morgan fingerprint density at radius 3 is 2.00 bits per heavy atom. The first-order valence-corrected chi connectivity index (χ1v) is 4.48. The molecule has 0 aliphatic carbocycles. The number of rotatable bonds is 2. The lowest BCUT2D eigenvalue weighted by molar-refractivity contribution is 0.00578. The Hall–Kier alpha value is -0.545. The highest BCUT2D eigenvalue weighted by atomic mass is 16.7. The zero-order valence-corrected chi connectivity index (χ0v) is 8.92. The zero-order chi connectivity index (χ0) is 10.1. The topological polar surface area (TPSA) is 42.9 Å². The molecule has 0 aromatic rings. The van der Waals surface area contributed by atoms with E-state index in [2.05, 4.69) is 10.4 Å². The molecule has 1 rings (SSSR count). The molecule has 0 amide bonds. The van der Waals surface area contributed by atoms with Crippen LogP contribution in [0.1, 0.15) is 34.6 Å². The maximum absolute atomic E-state index is 5.62. The molecule has 0 unspecified atom stereocenters. The molecular formula is C8H17BN2O2. The van der Waals surface area contributed by atoms with Gasteiger partial charge in [-0.2, -0.15) is 0 Å². The van der Waals surface area contributed by atoms with Gasteiger partial charge in [-0.1, -0.05) is 0 Å². The summed E-state index contributed by atoms with van der Waals surface area (Å²) in [6.07, 6.45) is 1.66. The second-order valence-electron chi connectivity index (χ2n) is 4.10. The number of nitrogens with one attached hydrogen (secondary N) is 1. The predicted octanol–water partition coefficient (Wildman–Crippen LogP) is 1.17. The summed E-state index contributed by atoms with van der Waals surface area (Å²) < 4.78 is 11.2. The van der Waals surface area contributed by atoms with Gasteiger partial charge in [0, 0.05) is 6.21 Å². The standard InChI is InChI=1S/C8H17BN2O2/c1-6-10-11-9-12-7(2,3)8(4,5)13-9/h6,11H,1-5H3/b10-6-. The summed E-state index contributed by atoms with van der Waals surface area (Å²) >= 11 is 0. The minimum atomic E-state index is -0.443. The highest BCUT2D eigenvalue weighted by molar-refractivity contribution is 6.42. The van der Waals surface area contributed by atoms with Crippen molar-refractivity contribution in [3.63, 3.8) is 0 Å². The van der Waals surface area contributed by atoms with E-state index < -0.39 is 7.25 Å². The molecule has 0 aromatic heterocycles. The summed E-state index contributed by atoms with van der Waals surface area (Å²) in [6, 6.07) is 0. The van der Waals surface area contributed by atoms with Crippen LogP contribution in [0.5, 0.6) is 0 Å². The second-order valence-corrected chi connectivity index (χ2v) is 4.10. The fraction of sp³-hybridized carbons (Fsp3) is 0.875. The molecule has 1 N–H and O–H groups in total. The van der Waals surface area contributed by atoms with Crippen LogP contribution >= 0.6 is 0 Å². The summed E-state index contributed by atoms with van der Waals surface area (Å²) in [5.41, 5.74) is -0.595. The smallest absolute Gasteiger partial charge is 0.383 e. The maximum atomic E-state index is 5.62. The summed E-state index contributed by atoms with van der Waals surface area (Å²) in [7, 11) is -0.443. The van der Waals surface area contributed by atoms with Crippen molar-refractivity contribution in [3.05, 3.63) is 0 Å². The Balaban J connectivity index is 2.60. The van der Waals surface area contributed by atoms with E-state index in [-0.39, 0.29) is 11.2 Å². The molecule has 0 spiro atoms. The molecule has 1 saturated heterocycles. The van der Waals surface area contributed by atoms with Crippen LogP contribution in [0.2, 0.25) is 0 Å². The van der Waals surface area contributed by atoms with Crippen LogP contribution in [-0.2, 0) is 9.31 Å². The van der Waals surface area contributed by atoms with Gasteiger partial charge in [-0.3, -0.25) is 5.34 Å². The fourth-order valence-electron chi connectivity index (χ4n) is 1.03. The number of hydrogen-bond acceptors (Lipinski definition) is 4. The molecule has 0 saturated carbocycles. The molecule has 1 heterocycles. The van der Waals surface area contributed by atoms with Crippen molar-refractivity contribution >= 4 is 13.5 Å². The normalized spacial score (nSPS) is 25.5. The molecule has 1 fully saturated rings. The maximum Gasteiger partial charge on any atom is 0.608 e. The second kappa shape index (κ2) is 3.31. The summed E-state index contributed by atoms with van der Waals surface area (Å²) in [5.74, 6) is 0. The SMILES string of the molecule is C/C=N\NB1OC(C)(C)C(C)(C)O1. The highest BCUT2D eigenvalue weighted by Gasteiger charge is 2.52. The Morgan fingerprint density at radius 2 is 1.62 bits per heavy atom. The van der Waals surface area contributed by atoms with Gasteiger partial charge >= 0.3 is 7.25 Å². The van der Waals surface area contributed by atoms with Crippen LogP contribution in [0.4, 0.5) is 0 Å². The van der Waals surface area contributed by atoms with Crippen molar-refractivity contribution in [2.45, 2.75) is 45.8 Å². The lowest BCUT2D eigenvalue weighted by Gasteiger charge is -2.32. The third-order valence-electron chi connectivity index (χ3n) is 2.56. The average Bonchev–Trinajstić information content (AvgIpc) is 2.17. The number of hydrogen-bond donors (Lipinski definition) is 1. The van der Waals surface area contributed by atoms with Crippen LogP contribution in [0, 0.1) is 0 Å². The van der Waals surface area contributed by atoms with E-state index in [0.717, 1.165) is 0 Å². The monoisotopic (exact) mass is 184 g/mol. The van der Waals surface area contributed by atoms with Gasteiger partial charge in [-0.05, 0) is 34.6 Å². The molecule has 13 heavy (non-hydrogen) atoms. The summed E-state index contributed by atoms with van der Waals surface area (Å²) in [4.78, 5) is 0. The van der Waals surface area contributed by atoms with Gasteiger partial charge in [-0.25, -0.2) is 5.10 Å². The lowest BCUT2D eigenvalue weighted by atomic mass is 9.90.